The third kappa shape index (κ3) is 1.70. The van der Waals surface area contributed by atoms with Gasteiger partial charge in [-0.2, -0.15) is 0 Å². The van der Waals surface area contributed by atoms with Crippen molar-refractivity contribution in [3.63, 3.8) is 0 Å². The fraction of sp³-hybridized carbons (Fsp3) is 0.300. The molecule has 0 aromatic heterocycles. The number of benzene rings is 1. The van der Waals surface area contributed by atoms with Crippen LogP contribution in [-0.4, -0.2) is 11.0 Å². The molecule has 0 aliphatic rings. The van der Waals surface area contributed by atoms with Gasteiger partial charge < -0.3 is 10.8 Å². The van der Waals surface area contributed by atoms with Crippen molar-refractivity contribution in [3.8, 4) is 0 Å². The maximum Gasteiger partial charge on any atom is 0.254 e. The van der Waals surface area contributed by atoms with Gasteiger partial charge in [0.1, 0.15) is 0 Å². The first-order valence-corrected chi connectivity index (χ1v) is 4.19. The van der Waals surface area contributed by atoms with Crippen LogP contribution in [-0.2, 0) is 10.4 Å². The van der Waals surface area contributed by atoms with Gasteiger partial charge in [-0.1, -0.05) is 37.3 Å². The molecule has 0 aliphatic heterocycles. The molecular formula is C10H13NO2. The van der Waals surface area contributed by atoms with Crippen molar-refractivity contribution >= 4 is 5.91 Å². The lowest BCUT2D eigenvalue weighted by molar-refractivity contribution is -0.137. The van der Waals surface area contributed by atoms with E-state index < -0.39 is 11.5 Å². The topological polar surface area (TPSA) is 63.3 Å². The summed E-state index contributed by atoms with van der Waals surface area (Å²) < 4.78 is 0. The molecule has 70 valence electrons. The summed E-state index contributed by atoms with van der Waals surface area (Å²) in [7, 11) is 0. The van der Waals surface area contributed by atoms with E-state index in [2.05, 4.69) is 0 Å². The Kier molecular flexibility index (Phi) is 2.68. The molecule has 1 amide bonds. The number of carbonyl (C=O) groups excluding carboxylic acids is 1. The number of amides is 1. The molecule has 3 N–H and O–H groups in total. The zero-order valence-electron chi connectivity index (χ0n) is 7.53. The molecule has 0 fully saturated rings. The number of carbonyl (C=O) groups is 1. The van der Waals surface area contributed by atoms with Gasteiger partial charge in [-0.3, -0.25) is 4.79 Å². The molecular weight excluding hydrogens is 166 g/mol. The predicted octanol–water partition coefficient (Wildman–Crippen LogP) is 0.770. The highest BCUT2D eigenvalue weighted by atomic mass is 16.3. The zero-order valence-corrected chi connectivity index (χ0v) is 7.53. The van der Waals surface area contributed by atoms with E-state index in [1.165, 1.54) is 0 Å². The van der Waals surface area contributed by atoms with Crippen LogP contribution in [0.2, 0.25) is 0 Å². The van der Waals surface area contributed by atoms with Gasteiger partial charge in [-0.05, 0) is 12.0 Å². The summed E-state index contributed by atoms with van der Waals surface area (Å²) >= 11 is 0. The van der Waals surface area contributed by atoms with Crippen molar-refractivity contribution < 1.29 is 9.90 Å². The molecule has 3 nitrogen and oxygen atoms in total. The van der Waals surface area contributed by atoms with Crippen molar-refractivity contribution in [2.75, 3.05) is 0 Å². The summed E-state index contributed by atoms with van der Waals surface area (Å²) in [6, 6.07) is 8.72. The van der Waals surface area contributed by atoms with Gasteiger partial charge in [0.2, 0.25) is 0 Å². The number of primary amides is 1. The van der Waals surface area contributed by atoms with Crippen molar-refractivity contribution in [2.24, 2.45) is 5.73 Å². The number of nitrogens with two attached hydrogens (primary N) is 1. The average Bonchev–Trinajstić information content (AvgIpc) is 2.17. The lowest BCUT2D eigenvalue weighted by atomic mass is 9.91. The zero-order chi connectivity index (χ0) is 9.90. The fourth-order valence-electron chi connectivity index (χ4n) is 1.23. The average molecular weight is 179 g/mol. The normalized spacial score (nSPS) is 14.9. The van der Waals surface area contributed by atoms with Crippen LogP contribution in [0, 0.1) is 0 Å². The van der Waals surface area contributed by atoms with E-state index >= 15 is 0 Å². The maximum absolute atomic E-state index is 11.0. The molecule has 0 unspecified atom stereocenters. The predicted molar refractivity (Wildman–Crippen MR) is 49.8 cm³/mol. The first-order chi connectivity index (χ1) is 6.11. The van der Waals surface area contributed by atoms with Crippen LogP contribution in [0.3, 0.4) is 0 Å². The molecule has 13 heavy (non-hydrogen) atoms. The summed E-state index contributed by atoms with van der Waals surface area (Å²) in [5.41, 5.74) is 4.14. The SMILES string of the molecule is CC[C@@](O)(C(N)=O)c1ccccc1. The number of hydrogen-bond acceptors (Lipinski definition) is 2. The molecule has 0 bridgehead atoms. The van der Waals surface area contributed by atoms with Gasteiger partial charge in [0.05, 0.1) is 0 Å². The summed E-state index contributed by atoms with van der Waals surface area (Å²) in [6.45, 7) is 1.72. The van der Waals surface area contributed by atoms with E-state index in [9.17, 15) is 9.90 Å². The molecule has 0 saturated heterocycles. The minimum absolute atomic E-state index is 0.284. The van der Waals surface area contributed by atoms with Crippen LogP contribution in [0.15, 0.2) is 30.3 Å². The Balaban J connectivity index is 3.11. The first-order valence-electron chi connectivity index (χ1n) is 4.19. The third-order valence-electron chi connectivity index (χ3n) is 2.17. The lowest BCUT2D eigenvalue weighted by Gasteiger charge is -2.22. The van der Waals surface area contributed by atoms with Crippen molar-refractivity contribution in [3.05, 3.63) is 35.9 Å². The Morgan fingerprint density at radius 3 is 2.38 bits per heavy atom. The van der Waals surface area contributed by atoms with Gasteiger partial charge in [0.15, 0.2) is 5.60 Å². The van der Waals surface area contributed by atoms with E-state index in [1.807, 2.05) is 6.07 Å². The molecule has 1 atom stereocenters. The largest absolute Gasteiger partial charge is 0.375 e. The van der Waals surface area contributed by atoms with Gasteiger partial charge in [0.25, 0.3) is 5.91 Å². The Morgan fingerprint density at radius 1 is 1.46 bits per heavy atom. The molecule has 1 aromatic carbocycles. The first kappa shape index (κ1) is 9.74. The minimum Gasteiger partial charge on any atom is -0.375 e. The number of aliphatic hydroxyl groups is 1. The lowest BCUT2D eigenvalue weighted by Crippen LogP contribution is -2.40. The van der Waals surface area contributed by atoms with Crippen LogP contribution in [0.1, 0.15) is 18.9 Å². The van der Waals surface area contributed by atoms with Gasteiger partial charge in [-0.15, -0.1) is 0 Å². The molecule has 0 radical (unpaired) electrons. The van der Waals surface area contributed by atoms with Crippen LogP contribution in [0.4, 0.5) is 0 Å². The minimum atomic E-state index is -1.53. The van der Waals surface area contributed by atoms with E-state index in [0.717, 1.165) is 0 Å². The monoisotopic (exact) mass is 179 g/mol. The van der Waals surface area contributed by atoms with E-state index in [1.54, 1.807) is 31.2 Å². The summed E-state index contributed by atoms with van der Waals surface area (Å²) in [6.07, 6.45) is 0.284. The van der Waals surface area contributed by atoms with Crippen molar-refractivity contribution in [1.82, 2.24) is 0 Å². The van der Waals surface area contributed by atoms with Gasteiger partial charge in [-0.25, -0.2) is 0 Å². The highest BCUT2D eigenvalue weighted by Crippen LogP contribution is 2.23. The van der Waals surface area contributed by atoms with Gasteiger partial charge in [0, 0.05) is 0 Å². The Labute approximate surface area is 77.2 Å². The molecule has 0 heterocycles. The van der Waals surface area contributed by atoms with Crippen LogP contribution in [0.25, 0.3) is 0 Å². The summed E-state index contributed by atoms with van der Waals surface area (Å²) in [5, 5.41) is 9.89. The second kappa shape index (κ2) is 3.58. The summed E-state index contributed by atoms with van der Waals surface area (Å²) in [5.74, 6) is -0.707. The van der Waals surface area contributed by atoms with Crippen LogP contribution >= 0.6 is 0 Å². The van der Waals surface area contributed by atoms with Crippen molar-refractivity contribution in [2.45, 2.75) is 18.9 Å². The van der Waals surface area contributed by atoms with Crippen molar-refractivity contribution in [1.29, 1.82) is 0 Å². The second-order valence-corrected chi connectivity index (χ2v) is 2.94. The Hall–Kier alpha value is -1.35. The smallest absolute Gasteiger partial charge is 0.254 e. The Bertz CT molecular complexity index is 297. The molecule has 1 aromatic rings. The van der Waals surface area contributed by atoms with E-state index in [0.29, 0.717) is 5.56 Å². The summed E-state index contributed by atoms with van der Waals surface area (Å²) in [4.78, 5) is 11.0. The fourth-order valence-corrected chi connectivity index (χ4v) is 1.23. The molecule has 1 rings (SSSR count). The van der Waals surface area contributed by atoms with E-state index in [-0.39, 0.29) is 6.42 Å². The van der Waals surface area contributed by atoms with Crippen LogP contribution in [0.5, 0.6) is 0 Å². The molecule has 0 aliphatic carbocycles. The molecule has 0 saturated carbocycles. The maximum atomic E-state index is 11.0. The Morgan fingerprint density at radius 2 is 2.00 bits per heavy atom. The standard InChI is InChI=1S/C10H13NO2/c1-2-10(13,9(11)12)8-6-4-3-5-7-8/h3-7,13H,2H2,1H3,(H2,11,12)/t10-/m0/s1. The third-order valence-corrected chi connectivity index (χ3v) is 2.17. The highest BCUT2D eigenvalue weighted by molar-refractivity contribution is 5.84. The van der Waals surface area contributed by atoms with Gasteiger partial charge >= 0.3 is 0 Å². The second-order valence-electron chi connectivity index (χ2n) is 2.94. The quantitative estimate of drug-likeness (QED) is 0.719. The van der Waals surface area contributed by atoms with E-state index in [4.69, 9.17) is 5.73 Å². The molecule has 0 spiro atoms. The number of rotatable bonds is 3. The number of hydrogen-bond donors (Lipinski definition) is 2. The highest BCUT2D eigenvalue weighted by Gasteiger charge is 2.33. The molecule has 3 heteroatoms. The van der Waals surface area contributed by atoms with Crippen LogP contribution < -0.4 is 5.73 Å².